The van der Waals surface area contributed by atoms with Crippen LogP contribution in [0.3, 0.4) is 0 Å². The van der Waals surface area contributed by atoms with Gasteiger partial charge in [-0.1, -0.05) is 36.4 Å². The van der Waals surface area contributed by atoms with Crippen LogP contribution in [0.25, 0.3) is 0 Å². The summed E-state index contributed by atoms with van der Waals surface area (Å²) in [5, 5.41) is 8.20. The molecule has 2 aromatic rings. The molecule has 0 saturated heterocycles. The fraction of sp³-hybridized carbons (Fsp3) is 0.125. The molecule has 1 aliphatic rings. The lowest BCUT2D eigenvalue weighted by molar-refractivity contribution is 0.0988. The number of methoxy groups -OCH3 is 1. The summed E-state index contributed by atoms with van der Waals surface area (Å²) in [6.07, 6.45) is 0. The maximum Gasteiger partial charge on any atom is 0.176 e. The molecule has 0 radical (unpaired) electrons. The summed E-state index contributed by atoms with van der Waals surface area (Å²) >= 11 is 0. The molecular weight excluding hydrogens is 238 g/mol. The van der Waals surface area contributed by atoms with Gasteiger partial charge in [-0.05, 0) is 17.7 Å². The van der Waals surface area contributed by atoms with Crippen molar-refractivity contribution >= 4 is 11.5 Å². The Morgan fingerprint density at radius 1 is 1.00 bits per heavy atom. The molecule has 19 heavy (non-hydrogen) atoms. The molecule has 0 spiro atoms. The number of nitrogens with one attached hydrogen (secondary N) is 1. The van der Waals surface area contributed by atoms with Crippen molar-refractivity contribution in [2.24, 2.45) is 0 Å². The first-order valence-electron chi connectivity index (χ1n) is 6.08. The molecule has 0 aromatic heterocycles. The van der Waals surface area contributed by atoms with Crippen molar-refractivity contribution in [2.75, 3.05) is 7.11 Å². The summed E-state index contributed by atoms with van der Waals surface area (Å²) < 4.78 is 5.11. The van der Waals surface area contributed by atoms with Crippen LogP contribution in [0.15, 0.2) is 48.5 Å². The molecule has 0 bridgehead atoms. The second-order valence-electron chi connectivity index (χ2n) is 4.53. The Morgan fingerprint density at radius 2 is 1.63 bits per heavy atom. The van der Waals surface area contributed by atoms with E-state index in [2.05, 4.69) is 0 Å². The zero-order valence-electron chi connectivity index (χ0n) is 10.5. The van der Waals surface area contributed by atoms with Crippen molar-refractivity contribution in [3.8, 4) is 5.75 Å². The van der Waals surface area contributed by atoms with Crippen LogP contribution in [-0.4, -0.2) is 18.6 Å². The SMILES string of the molecule is COc1ccc([C@@H]2C(=N)c3ccccc3C2=O)cc1. The highest BCUT2D eigenvalue weighted by Crippen LogP contribution is 2.34. The van der Waals surface area contributed by atoms with Crippen LogP contribution in [0.4, 0.5) is 0 Å². The minimum absolute atomic E-state index is 0.00534. The third-order valence-corrected chi connectivity index (χ3v) is 3.48. The van der Waals surface area contributed by atoms with Gasteiger partial charge in [-0.25, -0.2) is 0 Å². The fourth-order valence-electron chi connectivity index (χ4n) is 2.49. The predicted octanol–water partition coefficient (Wildman–Crippen LogP) is 3.04. The number of rotatable bonds is 2. The summed E-state index contributed by atoms with van der Waals surface area (Å²) in [5.74, 6) is 0.271. The Kier molecular flexibility index (Phi) is 2.67. The number of benzene rings is 2. The van der Waals surface area contributed by atoms with E-state index in [0.717, 1.165) is 16.9 Å². The van der Waals surface area contributed by atoms with Crippen molar-refractivity contribution in [3.63, 3.8) is 0 Å². The zero-order chi connectivity index (χ0) is 13.4. The van der Waals surface area contributed by atoms with Crippen LogP contribution in [0.1, 0.15) is 27.4 Å². The average Bonchev–Trinajstić information content (AvgIpc) is 2.72. The Balaban J connectivity index is 2.03. The molecule has 1 atom stereocenters. The van der Waals surface area contributed by atoms with E-state index in [0.29, 0.717) is 11.3 Å². The molecule has 0 amide bonds. The number of ketones is 1. The van der Waals surface area contributed by atoms with Crippen molar-refractivity contribution < 1.29 is 9.53 Å². The van der Waals surface area contributed by atoms with E-state index >= 15 is 0 Å². The van der Waals surface area contributed by atoms with Gasteiger partial charge in [-0.3, -0.25) is 4.79 Å². The topological polar surface area (TPSA) is 50.1 Å². The summed E-state index contributed by atoms with van der Waals surface area (Å²) in [5.41, 5.74) is 2.61. The van der Waals surface area contributed by atoms with E-state index in [1.807, 2.05) is 42.5 Å². The van der Waals surface area contributed by atoms with Crippen LogP contribution in [0.2, 0.25) is 0 Å². The van der Waals surface area contributed by atoms with Crippen LogP contribution >= 0.6 is 0 Å². The third kappa shape index (κ3) is 1.74. The van der Waals surface area contributed by atoms with Gasteiger partial charge in [-0.2, -0.15) is 0 Å². The summed E-state index contributed by atoms with van der Waals surface area (Å²) in [6, 6.07) is 14.6. The van der Waals surface area contributed by atoms with Crippen LogP contribution in [0, 0.1) is 5.41 Å². The van der Waals surface area contributed by atoms with E-state index in [4.69, 9.17) is 10.1 Å². The number of hydrogen-bond acceptors (Lipinski definition) is 3. The second kappa shape index (κ2) is 4.35. The summed E-state index contributed by atoms with van der Waals surface area (Å²) in [4.78, 5) is 12.4. The smallest absolute Gasteiger partial charge is 0.176 e. The van der Waals surface area contributed by atoms with Crippen molar-refractivity contribution in [2.45, 2.75) is 5.92 Å². The normalized spacial score (nSPS) is 17.4. The van der Waals surface area contributed by atoms with Crippen molar-refractivity contribution in [3.05, 3.63) is 65.2 Å². The minimum Gasteiger partial charge on any atom is -0.497 e. The van der Waals surface area contributed by atoms with E-state index in [1.165, 1.54) is 0 Å². The Morgan fingerprint density at radius 3 is 2.21 bits per heavy atom. The average molecular weight is 251 g/mol. The molecule has 94 valence electrons. The number of ether oxygens (including phenoxy) is 1. The molecule has 0 fully saturated rings. The van der Waals surface area contributed by atoms with Gasteiger partial charge >= 0.3 is 0 Å². The van der Waals surface area contributed by atoms with Gasteiger partial charge in [-0.15, -0.1) is 0 Å². The quantitative estimate of drug-likeness (QED) is 0.891. The van der Waals surface area contributed by atoms with Crippen LogP contribution < -0.4 is 4.74 Å². The highest BCUT2D eigenvalue weighted by molar-refractivity contribution is 6.30. The first-order valence-corrected chi connectivity index (χ1v) is 6.08. The molecule has 3 nitrogen and oxygen atoms in total. The highest BCUT2D eigenvalue weighted by atomic mass is 16.5. The molecule has 0 aliphatic heterocycles. The Hall–Kier alpha value is -2.42. The molecule has 1 N–H and O–H groups in total. The monoisotopic (exact) mass is 251 g/mol. The molecule has 2 aromatic carbocycles. The van der Waals surface area contributed by atoms with E-state index in [9.17, 15) is 4.79 Å². The van der Waals surface area contributed by atoms with E-state index < -0.39 is 5.92 Å². The maximum atomic E-state index is 12.4. The molecule has 3 rings (SSSR count). The second-order valence-corrected chi connectivity index (χ2v) is 4.53. The van der Waals surface area contributed by atoms with E-state index in [-0.39, 0.29) is 5.78 Å². The van der Waals surface area contributed by atoms with Gasteiger partial charge in [0, 0.05) is 11.1 Å². The zero-order valence-corrected chi connectivity index (χ0v) is 10.5. The van der Waals surface area contributed by atoms with E-state index in [1.54, 1.807) is 13.2 Å². The first-order chi connectivity index (χ1) is 9.22. The fourth-order valence-corrected chi connectivity index (χ4v) is 2.49. The Bertz CT molecular complexity index is 624. The van der Waals surface area contributed by atoms with Crippen LogP contribution in [0.5, 0.6) is 5.75 Å². The lowest BCUT2D eigenvalue weighted by Gasteiger charge is -2.10. The van der Waals surface area contributed by atoms with Gasteiger partial charge in [0.15, 0.2) is 5.78 Å². The van der Waals surface area contributed by atoms with Gasteiger partial charge < -0.3 is 10.1 Å². The number of Topliss-reactive ketones (excluding diaryl/α,β-unsaturated/α-hetero) is 1. The predicted molar refractivity (Wildman–Crippen MR) is 73.3 cm³/mol. The van der Waals surface area contributed by atoms with Gasteiger partial charge in [0.25, 0.3) is 0 Å². The van der Waals surface area contributed by atoms with Crippen molar-refractivity contribution in [1.29, 1.82) is 5.41 Å². The lowest BCUT2D eigenvalue weighted by atomic mass is 9.94. The largest absolute Gasteiger partial charge is 0.497 e. The van der Waals surface area contributed by atoms with Gasteiger partial charge in [0.2, 0.25) is 0 Å². The maximum absolute atomic E-state index is 12.4. The summed E-state index contributed by atoms with van der Waals surface area (Å²) in [6.45, 7) is 0. The standard InChI is InChI=1S/C16H13NO2/c1-19-11-8-6-10(7-9-11)14-15(17)12-4-2-3-5-13(12)16(14)18/h2-9,14,17H,1H3/t14-/m1/s1. The minimum atomic E-state index is -0.483. The van der Waals surface area contributed by atoms with Crippen LogP contribution in [-0.2, 0) is 0 Å². The third-order valence-electron chi connectivity index (χ3n) is 3.48. The first kappa shape index (κ1) is 11.7. The van der Waals surface area contributed by atoms with Gasteiger partial charge in [0.1, 0.15) is 5.75 Å². The number of fused-ring (bicyclic) bond motifs is 1. The molecule has 0 saturated carbocycles. The molecule has 0 unspecified atom stereocenters. The molecule has 3 heteroatoms. The molecular formula is C16H13NO2. The molecule has 0 heterocycles. The lowest BCUT2D eigenvalue weighted by Crippen LogP contribution is -2.12. The number of carbonyl (C=O) groups excluding carboxylic acids is 1. The molecule has 1 aliphatic carbocycles. The number of carbonyl (C=O) groups is 1. The number of hydrogen-bond donors (Lipinski definition) is 1. The van der Waals surface area contributed by atoms with Crippen molar-refractivity contribution in [1.82, 2.24) is 0 Å². The highest BCUT2D eigenvalue weighted by Gasteiger charge is 2.36. The summed E-state index contributed by atoms with van der Waals surface area (Å²) in [7, 11) is 1.60. The Labute approximate surface area is 111 Å². The van der Waals surface area contributed by atoms with Gasteiger partial charge in [0.05, 0.1) is 18.7 Å².